The molecule has 1 aromatic rings. The molecule has 1 atom stereocenters. The Morgan fingerprint density at radius 1 is 1.65 bits per heavy atom. The molecule has 0 saturated carbocycles. The molecule has 1 fully saturated rings. The van der Waals surface area contributed by atoms with Crippen LogP contribution in [-0.4, -0.2) is 30.4 Å². The lowest BCUT2D eigenvalue weighted by Crippen LogP contribution is -2.41. The molecule has 0 aromatic carbocycles. The summed E-state index contributed by atoms with van der Waals surface area (Å²) >= 11 is 7.38. The molecule has 1 aliphatic rings. The first-order valence-electron chi connectivity index (χ1n) is 5.39. The summed E-state index contributed by atoms with van der Waals surface area (Å²) in [5, 5.41) is 3.21. The predicted octanol–water partition coefficient (Wildman–Crippen LogP) is 2.53. The van der Waals surface area contributed by atoms with Gasteiger partial charge in [0.15, 0.2) is 0 Å². The van der Waals surface area contributed by atoms with Crippen LogP contribution in [0.3, 0.4) is 0 Å². The van der Waals surface area contributed by atoms with Crippen LogP contribution >= 0.6 is 35.3 Å². The van der Waals surface area contributed by atoms with E-state index in [2.05, 4.69) is 5.32 Å². The second-order valence-corrected chi connectivity index (χ2v) is 5.85. The van der Waals surface area contributed by atoms with E-state index in [1.165, 1.54) is 11.3 Å². The molecule has 2 heterocycles. The van der Waals surface area contributed by atoms with E-state index in [0.29, 0.717) is 6.54 Å². The minimum Gasteiger partial charge on any atom is -0.339 e. The van der Waals surface area contributed by atoms with Crippen molar-refractivity contribution in [2.45, 2.75) is 25.4 Å². The maximum atomic E-state index is 12.0. The normalized spacial score (nSPS) is 18.8. The highest BCUT2D eigenvalue weighted by Crippen LogP contribution is 2.22. The van der Waals surface area contributed by atoms with Gasteiger partial charge in [-0.25, -0.2) is 0 Å². The van der Waals surface area contributed by atoms with Crippen LogP contribution in [0.15, 0.2) is 12.1 Å². The summed E-state index contributed by atoms with van der Waals surface area (Å²) in [6.45, 7) is 1.60. The maximum Gasteiger partial charge on any atom is 0.239 e. The number of rotatable bonds is 3. The monoisotopic (exact) mass is 294 g/mol. The van der Waals surface area contributed by atoms with Crippen molar-refractivity contribution in [3.8, 4) is 0 Å². The van der Waals surface area contributed by atoms with Crippen LogP contribution in [0, 0.1) is 0 Å². The van der Waals surface area contributed by atoms with Gasteiger partial charge < -0.3 is 10.2 Å². The van der Waals surface area contributed by atoms with Gasteiger partial charge in [-0.1, -0.05) is 11.6 Å². The lowest BCUT2D eigenvalue weighted by molar-refractivity contribution is -0.132. The minimum absolute atomic E-state index is 0. The molecule has 6 heteroatoms. The molecule has 1 aromatic heterocycles. The lowest BCUT2D eigenvalue weighted by atomic mass is 10.2. The Kier molecular flexibility index (Phi) is 5.73. The van der Waals surface area contributed by atoms with E-state index >= 15 is 0 Å². The highest BCUT2D eigenvalue weighted by atomic mass is 35.5. The Bertz CT molecular complexity index is 377. The predicted molar refractivity (Wildman–Crippen MR) is 74.1 cm³/mol. The van der Waals surface area contributed by atoms with Gasteiger partial charge in [0.2, 0.25) is 5.91 Å². The zero-order valence-electron chi connectivity index (χ0n) is 9.61. The molecule has 2 rings (SSSR count). The molecule has 96 valence electrons. The van der Waals surface area contributed by atoms with Gasteiger partial charge in [-0.2, -0.15) is 0 Å². The van der Waals surface area contributed by atoms with Crippen molar-refractivity contribution in [2.75, 3.05) is 13.6 Å². The molecule has 1 aliphatic heterocycles. The fourth-order valence-electron chi connectivity index (χ4n) is 1.91. The van der Waals surface area contributed by atoms with E-state index < -0.39 is 0 Å². The number of carbonyl (C=O) groups excluding carboxylic acids is 1. The molecule has 0 aliphatic carbocycles. The highest BCUT2D eigenvalue weighted by Gasteiger charge is 2.24. The summed E-state index contributed by atoms with van der Waals surface area (Å²) in [6, 6.07) is 3.85. The van der Waals surface area contributed by atoms with Crippen LogP contribution in [0.5, 0.6) is 0 Å². The average molecular weight is 295 g/mol. The number of carbonyl (C=O) groups is 1. The van der Waals surface area contributed by atoms with E-state index in [0.717, 1.165) is 28.6 Å². The Morgan fingerprint density at radius 3 is 2.94 bits per heavy atom. The van der Waals surface area contributed by atoms with Gasteiger partial charge in [-0.05, 0) is 31.5 Å². The smallest absolute Gasteiger partial charge is 0.239 e. The Balaban J connectivity index is 0.00000144. The Morgan fingerprint density at radius 2 is 2.41 bits per heavy atom. The van der Waals surface area contributed by atoms with E-state index in [-0.39, 0.29) is 24.4 Å². The molecule has 1 N–H and O–H groups in total. The SMILES string of the molecule is CN(Cc1ccc(Cl)s1)C(=O)[C@@H]1CCCN1.Cl. The Labute approximate surface area is 117 Å². The van der Waals surface area contributed by atoms with Crippen molar-refractivity contribution in [1.82, 2.24) is 10.2 Å². The van der Waals surface area contributed by atoms with E-state index in [1.54, 1.807) is 4.90 Å². The number of amides is 1. The molecule has 0 bridgehead atoms. The van der Waals surface area contributed by atoms with Gasteiger partial charge in [0.1, 0.15) is 0 Å². The van der Waals surface area contributed by atoms with E-state index in [9.17, 15) is 4.79 Å². The van der Waals surface area contributed by atoms with Gasteiger partial charge in [0.05, 0.1) is 16.9 Å². The zero-order chi connectivity index (χ0) is 11.5. The first-order valence-corrected chi connectivity index (χ1v) is 6.59. The van der Waals surface area contributed by atoms with E-state index in [4.69, 9.17) is 11.6 Å². The average Bonchev–Trinajstić information content (AvgIpc) is 2.88. The second kappa shape index (κ2) is 6.59. The number of thiophene rings is 1. The molecule has 1 amide bonds. The van der Waals surface area contributed by atoms with Crippen LogP contribution in [-0.2, 0) is 11.3 Å². The molecule has 0 radical (unpaired) electrons. The largest absolute Gasteiger partial charge is 0.339 e. The molecule has 0 spiro atoms. The molecule has 17 heavy (non-hydrogen) atoms. The van der Waals surface area contributed by atoms with Crippen molar-refractivity contribution in [2.24, 2.45) is 0 Å². The van der Waals surface area contributed by atoms with Gasteiger partial charge in [-0.3, -0.25) is 4.79 Å². The first-order chi connectivity index (χ1) is 7.66. The summed E-state index contributed by atoms with van der Waals surface area (Å²) in [4.78, 5) is 14.9. The van der Waals surface area contributed by atoms with Gasteiger partial charge in [0.25, 0.3) is 0 Å². The molecular formula is C11H16Cl2N2OS. The third-order valence-electron chi connectivity index (χ3n) is 2.76. The zero-order valence-corrected chi connectivity index (χ0v) is 12.0. The summed E-state index contributed by atoms with van der Waals surface area (Å²) in [6.07, 6.45) is 2.05. The molecule has 3 nitrogen and oxygen atoms in total. The minimum atomic E-state index is 0. The van der Waals surface area contributed by atoms with Crippen LogP contribution < -0.4 is 5.32 Å². The van der Waals surface area contributed by atoms with Crippen molar-refractivity contribution < 1.29 is 4.79 Å². The van der Waals surface area contributed by atoms with Crippen LogP contribution in [0.25, 0.3) is 0 Å². The van der Waals surface area contributed by atoms with Crippen LogP contribution in [0.4, 0.5) is 0 Å². The maximum absolute atomic E-state index is 12.0. The fourth-order valence-corrected chi connectivity index (χ4v) is 3.05. The second-order valence-electron chi connectivity index (χ2n) is 4.05. The lowest BCUT2D eigenvalue weighted by Gasteiger charge is -2.20. The standard InChI is InChI=1S/C11H15ClN2OS.ClH/c1-14(7-8-4-5-10(12)16-8)11(15)9-3-2-6-13-9;/h4-5,9,13H,2-3,6-7H2,1H3;1H/t9-;/m0./s1. The fraction of sp³-hybridized carbons (Fsp3) is 0.545. The molecular weight excluding hydrogens is 279 g/mol. The number of nitrogens with zero attached hydrogens (tertiary/aromatic N) is 1. The van der Waals surface area contributed by atoms with E-state index in [1.807, 2.05) is 19.2 Å². The summed E-state index contributed by atoms with van der Waals surface area (Å²) in [5.74, 6) is 0.182. The van der Waals surface area contributed by atoms with Gasteiger partial charge in [-0.15, -0.1) is 23.7 Å². The number of likely N-dealkylation sites (N-methyl/N-ethyl adjacent to an activating group) is 1. The highest BCUT2D eigenvalue weighted by molar-refractivity contribution is 7.16. The molecule has 1 saturated heterocycles. The summed E-state index contributed by atoms with van der Waals surface area (Å²) in [7, 11) is 1.84. The van der Waals surface area contributed by atoms with Gasteiger partial charge in [0, 0.05) is 11.9 Å². The van der Waals surface area contributed by atoms with Crippen molar-refractivity contribution in [3.05, 3.63) is 21.3 Å². The number of hydrogen-bond donors (Lipinski definition) is 1. The third kappa shape index (κ3) is 3.85. The van der Waals surface area contributed by atoms with Crippen molar-refractivity contribution in [3.63, 3.8) is 0 Å². The third-order valence-corrected chi connectivity index (χ3v) is 3.97. The van der Waals surface area contributed by atoms with Crippen LogP contribution in [0.1, 0.15) is 17.7 Å². The van der Waals surface area contributed by atoms with Crippen LogP contribution in [0.2, 0.25) is 4.34 Å². The first kappa shape index (κ1) is 14.8. The van der Waals surface area contributed by atoms with Crippen molar-refractivity contribution >= 4 is 41.3 Å². The number of hydrogen-bond acceptors (Lipinski definition) is 3. The topological polar surface area (TPSA) is 32.3 Å². The summed E-state index contributed by atoms with van der Waals surface area (Å²) in [5.41, 5.74) is 0. The molecule has 0 unspecified atom stereocenters. The van der Waals surface area contributed by atoms with Crippen molar-refractivity contribution in [1.29, 1.82) is 0 Å². The quantitative estimate of drug-likeness (QED) is 0.929. The van der Waals surface area contributed by atoms with Gasteiger partial charge >= 0.3 is 0 Å². The Hall–Kier alpha value is -0.290. The summed E-state index contributed by atoms with van der Waals surface area (Å²) < 4.78 is 0.773. The number of halogens is 2. The number of nitrogens with one attached hydrogen (secondary N) is 1.